The fraction of sp³-hybridized carbons (Fsp3) is 0.267. The molecule has 0 bridgehead atoms. The number of anilines is 1. The number of nitrogens with one attached hydrogen (secondary N) is 1. The van der Waals surface area contributed by atoms with Crippen molar-refractivity contribution in [2.45, 2.75) is 20.4 Å². The Balaban J connectivity index is 2.07. The molecule has 0 aliphatic rings. The van der Waals surface area contributed by atoms with E-state index in [1.807, 2.05) is 25.1 Å². The van der Waals surface area contributed by atoms with Crippen molar-refractivity contribution in [3.8, 4) is 0 Å². The lowest BCUT2D eigenvalue weighted by molar-refractivity contribution is 0.0599. The summed E-state index contributed by atoms with van der Waals surface area (Å²) < 4.78 is 11.3. The summed E-state index contributed by atoms with van der Waals surface area (Å²) in [6.45, 7) is 4.29. The Bertz CT molecular complexity index is 634. The van der Waals surface area contributed by atoms with E-state index in [1.165, 1.54) is 12.7 Å². The Morgan fingerprint density at radius 3 is 2.75 bits per heavy atom. The van der Waals surface area contributed by atoms with E-state index in [0.717, 1.165) is 10.2 Å². The van der Waals surface area contributed by atoms with Crippen LogP contribution in [0.4, 0.5) is 5.69 Å². The highest BCUT2D eigenvalue weighted by atomic mass is 79.9. The number of halogens is 1. The van der Waals surface area contributed by atoms with Crippen LogP contribution in [0.25, 0.3) is 0 Å². The highest BCUT2D eigenvalue weighted by molar-refractivity contribution is 9.10. The first-order chi connectivity index (χ1) is 9.51. The van der Waals surface area contributed by atoms with Gasteiger partial charge in [-0.2, -0.15) is 0 Å². The lowest BCUT2D eigenvalue weighted by atomic mass is 10.2. The SMILES string of the molecule is COC(=O)c1cc(CNc2ccc(C)c(Br)c2)oc1C. The molecule has 0 radical (unpaired) electrons. The predicted octanol–water partition coefficient (Wildman–Crippen LogP) is 4.06. The summed E-state index contributed by atoms with van der Waals surface area (Å²) in [5, 5.41) is 3.25. The number of carbonyl (C=O) groups excluding carboxylic acids is 1. The lowest BCUT2D eigenvalue weighted by Gasteiger charge is -2.06. The minimum Gasteiger partial charge on any atom is -0.465 e. The van der Waals surface area contributed by atoms with Crippen LogP contribution in [0.2, 0.25) is 0 Å². The first-order valence-electron chi connectivity index (χ1n) is 6.19. The number of methoxy groups -OCH3 is 1. The second-order valence-electron chi connectivity index (χ2n) is 4.49. The third-order valence-electron chi connectivity index (χ3n) is 3.01. The lowest BCUT2D eigenvalue weighted by Crippen LogP contribution is -2.01. The van der Waals surface area contributed by atoms with Crippen molar-refractivity contribution >= 4 is 27.6 Å². The molecule has 0 fully saturated rings. The maximum Gasteiger partial charge on any atom is 0.341 e. The molecule has 0 saturated heterocycles. The van der Waals surface area contributed by atoms with Gasteiger partial charge in [0, 0.05) is 10.2 Å². The van der Waals surface area contributed by atoms with E-state index in [9.17, 15) is 4.79 Å². The van der Waals surface area contributed by atoms with Crippen molar-refractivity contribution in [1.82, 2.24) is 0 Å². The van der Waals surface area contributed by atoms with Crippen LogP contribution in [0, 0.1) is 13.8 Å². The number of ether oxygens (including phenoxy) is 1. The van der Waals surface area contributed by atoms with Crippen LogP contribution in [0.15, 0.2) is 33.2 Å². The normalized spacial score (nSPS) is 10.4. The van der Waals surface area contributed by atoms with Crippen molar-refractivity contribution in [2.24, 2.45) is 0 Å². The van der Waals surface area contributed by atoms with Gasteiger partial charge in [-0.05, 0) is 37.6 Å². The molecule has 0 aliphatic heterocycles. The Morgan fingerprint density at radius 2 is 2.10 bits per heavy atom. The van der Waals surface area contributed by atoms with E-state index in [0.29, 0.717) is 23.6 Å². The molecule has 106 valence electrons. The summed E-state index contributed by atoms with van der Waals surface area (Å²) in [5.74, 6) is 0.883. The maximum absolute atomic E-state index is 11.5. The van der Waals surface area contributed by atoms with Gasteiger partial charge in [-0.1, -0.05) is 22.0 Å². The zero-order valence-electron chi connectivity index (χ0n) is 11.6. The number of carbonyl (C=O) groups is 1. The number of hydrogen-bond acceptors (Lipinski definition) is 4. The topological polar surface area (TPSA) is 51.5 Å². The summed E-state index contributed by atoms with van der Waals surface area (Å²) in [6.07, 6.45) is 0. The minimum atomic E-state index is -0.379. The van der Waals surface area contributed by atoms with Crippen molar-refractivity contribution in [3.05, 3.63) is 51.4 Å². The van der Waals surface area contributed by atoms with Gasteiger partial charge in [0.1, 0.15) is 17.1 Å². The molecule has 20 heavy (non-hydrogen) atoms. The summed E-state index contributed by atoms with van der Waals surface area (Å²) in [7, 11) is 1.36. The van der Waals surface area contributed by atoms with Gasteiger partial charge in [0.05, 0.1) is 13.7 Å². The number of aryl methyl sites for hydroxylation is 2. The van der Waals surface area contributed by atoms with Crippen molar-refractivity contribution in [1.29, 1.82) is 0 Å². The van der Waals surface area contributed by atoms with Crippen molar-refractivity contribution < 1.29 is 13.9 Å². The molecule has 5 heteroatoms. The summed E-state index contributed by atoms with van der Waals surface area (Å²) >= 11 is 3.49. The van der Waals surface area contributed by atoms with Gasteiger partial charge in [-0.25, -0.2) is 4.79 Å². The Labute approximate surface area is 126 Å². The predicted molar refractivity (Wildman–Crippen MR) is 81.0 cm³/mol. The quantitative estimate of drug-likeness (QED) is 0.855. The maximum atomic E-state index is 11.5. The summed E-state index contributed by atoms with van der Waals surface area (Å²) in [4.78, 5) is 11.5. The molecule has 0 saturated carbocycles. The third-order valence-corrected chi connectivity index (χ3v) is 3.87. The first-order valence-corrected chi connectivity index (χ1v) is 6.98. The second kappa shape index (κ2) is 6.13. The molecule has 0 unspecified atom stereocenters. The van der Waals surface area contributed by atoms with Crippen LogP contribution in [-0.2, 0) is 11.3 Å². The summed E-state index contributed by atoms with van der Waals surface area (Å²) in [6, 6.07) is 7.74. The average Bonchev–Trinajstić information content (AvgIpc) is 2.80. The van der Waals surface area contributed by atoms with Crippen LogP contribution in [0.1, 0.15) is 27.4 Å². The first kappa shape index (κ1) is 14.7. The third kappa shape index (κ3) is 3.22. The number of furan rings is 1. The standard InChI is InChI=1S/C15H16BrNO3/c1-9-4-5-11(6-14(9)16)17-8-12-7-13(10(2)20-12)15(18)19-3/h4-7,17H,8H2,1-3H3. The van der Waals surface area contributed by atoms with E-state index >= 15 is 0 Å². The van der Waals surface area contributed by atoms with Gasteiger partial charge in [0.2, 0.25) is 0 Å². The molecule has 1 aromatic carbocycles. The Kier molecular flexibility index (Phi) is 4.49. The smallest absolute Gasteiger partial charge is 0.341 e. The second-order valence-corrected chi connectivity index (χ2v) is 5.35. The number of benzene rings is 1. The molecule has 2 aromatic rings. The minimum absolute atomic E-state index is 0.379. The highest BCUT2D eigenvalue weighted by Crippen LogP contribution is 2.22. The van der Waals surface area contributed by atoms with Crippen LogP contribution < -0.4 is 5.32 Å². The Morgan fingerprint density at radius 1 is 1.35 bits per heavy atom. The molecule has 1 aromatic heterocycles. The largest absolute Gasteiger partial charge is 0.465 e. The van der Waals surface area contributed by atoms with Crippen LogP contribution in [0.5, 0.6) is 0 Å². The number of esters is 1. The molecule has 1 N–H and O–H groups in total. The Hall–Kier alpha value is -1.75. The molecular formula is C15H16BrNO3. The number of hydrogen-bond donors (Lipinski definition) is 1. The van der Waals surface area contributed by atoms with Crippen molar-refractivity contribution in [2.75, 3.05) is 12.4 Å². The molecule has 0 spiro atoms. The van der Waals surface area contributed by atoms with E-state index in [2.05, 4.69) is 21.2 Å². The van der Waals surface area contributed by atoms with Crippen LogP contribution >= 0.6 is 15.9 Å². The summed E-state index contributed by atoms with van der Waals surface area (Å²) in [5.41, 5.74) is 2.63. The van der Waals surface area contributed by atoms with Gasteiger partial charge in [-0.15, -0.1) is 0 Å². The van der Waals surface area contributed by atoms with Crippen LogP contribution in [-0.4, -0.2) is 13.1 Å². The fourth-order valence-electron chi connectivity index (χ4n) is 1.84. The fourth-order valence-corrected chi connectivity index (χ4v) is 2.21. The molecule has 4 nitrogen and oxygen atoms in total. The van der Waals surface area contributed by atoms with Gasteiger partial charge in [0.15, 0.2) is 0 Å². The van der Waals surface area contributed by atoms with E-state index in [1.54, 1.807) is 13.0 Å². The zero-order valence-corrected chi connectivity index (χ0v) is 13.2. The number of rotatable bonds is 4. The van der Waals surface area contributed by atoms with Gasteiger partial charge >= 0.3 is 5.97 Å². The van der Waals surface area contributed by atoms with Gasteiger partial charge in [-0.3, -0.25) is 0 Å². The van der Waals surface area contributed by atoms with Crippen LogP contribution in [0.3, 0.4) is 0 Å². The van der Waals surface area contributed by atoms with E-state index < -0.39 is 0 Å². The van der Waals surface area contributed by atoms with Crippen molar-refractivity contribution in [3.63, 3.8) is 0 Å². The van der Waals surface area contributed by atoms with E-state index in [-0.39, 0.29) is 5.97 Å². The monoisotopic (exact) mass is 337 g/mol. The average molecular weight is 338 g/mol. The molecule has 0 amide bonds. The van der Waals surface area contributed by atoms with Gasteiger partial charge in [0.25, 0.3) is 0 Å². The highest BCUT2D eigenvalue weighted by Gasteiger charge is 2.15. The van der Waals surface area contributed by atoms with E-state index in [4.69, 9.17) is 9.15 Å². The molecule has 0 aliphatic carbocycles. The molecule has 0 atom stereocenters. The van der Waals surface area contributed by atoms with Gasteiger partial charge < -0.3 is 14.5 Å². The zero-order chi connectivity index (χ0) is 14.7. The molecule has 1 heterocycles. The molecular weight excluding hydrogens is 322 g/mol. The molecule has 2 rings (SSSR count).